The molecular weight excluding hydrogens is 288 g/mol. The molecule has 0 amide bonds. The van der Waals surface area contributed by atoms with Crippen molar-refractivity contribution in [3.63, 3.8) is 0 Å². The van der Waals surface area contributed by atoms with Gasteiger partial charge in [-0.3, -0.25) is 0 Å². The number of hydrogen-bond donors (Lipinski definition) is 2. The minimum absolute atomic E-state index is 0.0958. The van der Waals surface area contributed by atoms with Crippen LogP contribution in [0.4, 0.5) is 5.69 Å². The fraction of sp³-hybridized carbons (Fsp3) is 0.600. The molecule has 1 fully saturated rings. The highest BCUT2D eigenvalue weighted by atomic mass is 79.9. The molecule has 0 saturated heterocycles. The summed E-state index contributed by atoms with van der Waals surface area (Å²) < 4.78 is 1.12. The van der Waals surface area contributed by atoms with Crippen molar-refractivity contribution >= 4 is 21.6 Å². The first-order chi connectivity index (χ1) is 8.63. The Kier molecular flexibility index (Phi) is 4.68. The van der Waals surface area contributed by atoms with E-state index in [2.05, 4.69) is 52.4 Å². The largest absolute Gasteiger partial charge is 0.378 e. The number of halogens is 1. The first kappa shape index (κ1) is 13.9. The molecule has 0 bridgehead atoms. The number of hydrogen-bond acceptors (Lipinski definition) is 2. The Morgan fingerprint density at radius 3 is 2.67 bits per heavy atom. The molecule has 0 spiro atoms. The second-order valence-electron chi connectivity index (χ2n) is 5.65. The van der Waals surface area contributed by atoms with Crippen LogP contribution in [0.25, 0.3) is 0 Å². The van der Waals surface area contributed by atoms with Gasteiger partial charge in [0, 0.05) is 22.2 Å². The SMILES string of the molecule is CC1CCCC(CN)(Nc2ccc(Br)cc2)CC1. The van der Waals surface area contributed by atoms with Crippen LogP contribution in [0.1, 0.15) is 39.0 Å². The molecule has 2 nitrogen and oxygen atoms in total. The predicted octanol–water partition coefficient (Wildman–Crippen LogP) is 4.16. The van der Waals surface area contributed by atoms with E-state index in [4.69, 9.17) is 5.73 Å². The van der Waals surface area contributed by atoms with E-state index in [1.165, 1.54) is 37.8 Å². The van der Waals surface area contributed by atoms with Crippen LogP contribution in [-0.2, 0) is 0 Å². The Bertz CT molecular complexity index is 377. The second kappa shape index (κ2) is 6.07. The first-order valence-electron chi connectivity index (χ1n) is 6.87. The van der Waals surface area contributed by atoms with Gasteiger partial charge in [0.15, 0.2) is 0 Å². The highest BCUT2D eigenvalue weighted by Gasteiger charge is 2.30. The first-order valence-corrected chi connectivity index (χ1v) is 7.67. The maximum atomic E-state index is 6.06. The van der Waals surface area contributed by atoms with Gasteiger partial charge in [0.05, 0.1) is 0 Å². The smallest absolute Gasteiger partial charge is 0.0495 e. The van der Waals surface area contributed by atoms with E-state index in [-0.39, 0.29) is 5.54 Å². The summed E-state index contributed by atoms with van der Waals surface area (Å²) in [7, 11) is 0. The van der Waals surface area contributed by atoms with Crippen LogP contribution in [-0.4, -0.2) is 12.1 Å². The van der Waals surface area contributed by atoms with E-state index in [1.807, 2.05) is 0 Å². The van der Waals surface area contributed by atoms with Gasteiger partial charge in [-0.2, -0.15) is 0 Å². The molecule has 3 heteroatoms. The average molecular weight is 311 g/mol. The van der Waals surface area contributed by atoms with Gasteiger partial charge in [0.25, 0.3) is 0 Å². The van der Waals surface area contributed by atoms with Crippen molar-refractivity contribution in [2.24, 2.45) is 11.7 Å². The minimum atomic E-state index is 0.0958. The van der Waals surface area contributed by atoms with Crippen molar-refractivity contribution in [1.29, 1.82) is 0 Å². The van der Waals surface area contributed by atoms with Gasteiger partial charge in [-0.25, -0.2) is 0 Å². The van der Waals surface area contributed by atoms with Gasteiger partial charge in [0.1, 0.15) is 0 Å². The van der Waals surface area contributed by atoms with E-state index in [9.17, 15) is 0 Å². The molecule has 2 rings (SSSR count). The molecule has 1 aromatic carbocycles. The molecule has 0 heterocycles. The monoisotopic (exact) mass is 310 g/mol. The van der Waals surface area contributed by atoms with Crippen molar-refractivity contribution in [2.75, 3.05) is 11.9 Å². The Labute approximate surface area is 118 Å². The highest BCUT2D eigenvalue weighted by Crippen LogP contribution is 2.32. The summed E-state index contributed by atoms with van der Waals surface area (Å²) in [5.41, 5.74) is 7.33. The Morgan fingerprint density at radius 1 is 1.28 bits per heavy atom. The standard InChI is InChI=1S/C15H23BrN2/c1-12-3-2-9-15(11-17,10-8-12)18-14-6-4-13(16)5-7-14/h4-7,12,18H,2-3,8-11,17H2,1H3. The van der Waals surface area contributed by atoms with Crippen molar-refractivity contribution in [3.8, 4) is 0 Å². The van der Waals surface area contributed by atoms with Crippen LogP contribution >= 0.6 is 15.9 Å². The molecule has 1 aliphatic rings. The van der Waals surface area contributed by atoms with Crippen molar-refractivity contribution in [3.05, 3.63) is 28.7 Å². The number of benzene rings is 1. The predicted molar refractivity (Wildman–Crippen MR) is 81.8 cm³/mol. The topological polar surface area (TPSA) is 38.0 Å². The molecule has 18 heavy (non-hydrogen) atoms. The fourth-order valence-corrected chi connectivity index (χ4v) is 3.06. The second-order valence-corrected chi connectivity index (χ2v) is 6.57. The van der Waals surface area contributed by atoms with E-state index in [1.54, 1.807) is 0 Å². The number of nitrogens with two attached hydrogens (primary N) is 1. The van der Waals surface area contributed by atoms with Gasteiger partial charge in [-0.15, -0.1) is 0 Å². The Balaban J connectivity index is 2.09. The molecule has 2 unspecified atom stereocenters. The lowest BCUT2D eigenvalue weighted by molar-refractivity contribution is 0.409. The van der Waals surface area contributed by atoms with E-state index in [0.717, 1.165) is 16.9 Å². The molecule has 1 aromatic rings. The van der Waals surface area contributed by atoms with E-state index >= 15 is 0 Å². The average Bonchev–Trinajstić information content (AvgIpc) is 2.56. The lowest BCUT2D eigenvalue weighted by atomic mass is 9.89. The quantitative estimate of drug-likeness (QED) is 0.823. The maximum absolute atomic E-state index is 6.06. The molecule has 0 radical (unpaired) electrons. The molecule has 3 N–H and O–H groups in total. The number of nitrogens with one attached hydrogen (secondary N) is 1. The van der Waals surface area contributed by atoms with Crippen LogP contribution < -0.4 is 11.1 Å². The van der Waals surface area contributed by atoms with Crippen molar-refractivity contribution in [2.45, 2.75) is 44.6 Å². The third kappa shape index (κ3) is 3.48. The molecule has 1 saturated carbocycles. The number of rotatable bonds is 3. The van der Waals surface area contributed by atoms with Gasteiger partial charge in [0.2, 0.25) is 0 Å². The summed E-state index contributed by atoms with van der Waals surface area (Å²) >= 11 is 3.47. The normalized spacial score (nSPS) is 28.7. The van der Waals surface area contributed by atoms with Crippen molar-refractivity contribution < 1.29 is 0 Å². The molecule has 0 aromatic heterocycles. The molecular formula is C15H23BrN2. The Hall–Kier alpha value is -0.540. The van der Waals surface area contributed by atoms with Crippen LogP contribution in [0, 0.1) is 5.92 Å². The zero-order valence-corrected chi connectivity index (χ0v) is 12.7. The fourth-order valence-electron chi connectivity index (χ4n) is 2.80. The summed E-state index contributed by atoms with van der Waals surface area (Å²) in [6.07, 6.45) is 6.26. The summed E-state index contributed by atoms with van der Waals surface area (Å²) in [5, 5.41) is 3.69. The molecule has 2 atom stereocenters. The Morgan fingerprint density at radius 2 is 2.00 bits per heavy atom. The molecule has 100 valence electrons. The zero-order chi connectivity index (χ0) is 13.0. The molecule has 1 aliphatic carbocycles. The van der Waals surface area contributed by atoms with Gasteiger partial charge < -0.3 is 11.1 Å². The van der Waals surface area contributed by atoms with E-state index < -0.39 is 0 Å². The van der Waals surface area contributed by atoms with Gasteiger partial charge in [-0.1, -0.05) is 35.7 Å². The summed E-state index contributed by atoms with van der Waals surface area (Å²) in [5.74, 6) is 0.838. The highest BCUT2D eigenvalue weighted by molar-refractivity contribution is 9.10. The lowest BCUT2D eigenvalue weighted by Crippen LogP contribution is -2.45. The maximum Gasteiger partial charge on any atom is 0.0495 e. The summed E-state index contributed by atoms with van der Waals surface area (Å²) in [4.78, 5) is 0. The van der Waals surface area contributed by atoms with E-state index in [0.29, 0.717) is 0 Å². The zero-order valence-electron chi connectivity index (χ0n) is 11.1. The summed E-state index contributed by atoms with van der Waals surface area (Å²) in [6.45, 7) is 3.07. The lowest BCUT2D eigenvalue weighted by Gasteiger charge is -2.34. The van der Waals surface area contributed by atoms with Crippen LogP contribution in [0.5, 0.6) is 0 Å². The van der Waals surface area contributed by atoms with Gasteiger partial charge >= 0.3 is 0 Å². The van der Waals surface area contributed by atoms with Gasteiger partial charge in [-0.05, 0) is 49.4 Å². The van der Waals surface area contributed by atoms with Crippen LogP contribution in [0.3, 0.4) is 0 Å². The van der Waals surface area contributed by atoms with Crippen molar-refractivity contribution in [1.82, 2.24) is 0 Å². The number of anilines is 1. The van der Waals surface area contributed by atoms with Crippen LogP contribution in [0.15, 0.2) is 28.7 Å². The molecule has 0 aliphatic heterocycles. The third-order valence-corrected chi connectivity index (χ3v) is 4.64. The van der Waals surface area contributed by atoms with Crippen LogP contribution in [0.2, 0.25) is 0 Å². The minimum Gasteiger partial charge on any atom is -0.378 e. The third-order valence-electron chi connectivity index (χ3n) is 4.11. The summed E-state index contributed by atoms with van der Waals surface area (Å²) in [6, 6.07) is 8.39.